The molecule has 0 aliphatic rings. The van der Waals surface area contributed by atoms with Gasteiger partial charge in [-0.3, -0.25) is 0 Å². The maximum atomic E-state index is 9.44. The predicted octanol–water partition coefficient (Wildman–Crippen LogP) is -6.44. The zero-order valence-electron chi connectivity index (χ0n) is 5.34. The number of hydrogen-bond donors (Lipinski definition) is 0. The third-order valence-corrected chi connectivity index (χ3v) is 1.06. The van der Waals surface area contributed by atoms with Crippen molar-refractivity contribution in [3.05, 3.63) is 0 Å². The molecule has 6 heteroatoms. The number of hydrogen-bond acceptors (Lipinski definition) is 3. The standard InChI is InChI=1S/C2H6O3S.2Na/c1-2-6(3,4)5;;/h2H2,1H3,(H,3,4,5);;/q;2*+1/p-1. The van der Waals surface area contributed by atoms with Crippen LogP contribution in [0.4, 0.5) is 0 Å². The van der Waals surface area contributed by atoms with E-state index in [1.54, 1.807) is 0 Å². The van der Waals surface area contributed by atoms with Crippen molar-refractivity contribution in [2.75, 3.05) is 5.75 Å². The van der Waals surface area contributed by atoms with Gasteiger partial charge in [-0.15, -0.1) is 0 Å². The van der Waals surface area contributed by atoms with E-state index in [4.69, 9.17) is 0 Å². The van der Waals surface area contributed by atoms with Crippen molar-refractivity contribution < 1.29 is 72.1 Å². The van der Waals surface area contributed by atoms with Gasteiger partial charge in [0, 0.05) is 5.75 Å². The fourth-order valence-corrected chi connectivity index (χ4v) is 0. The van der Waals surface area contributed by atoms with Crippen molar-refractivity contribution in [1.82, 2.24) is 0 Å². The topological polar surface area (TPSA) is 57.2 Å². The summed E-state index contributed by atoms with van der Waals surface area (Å²) >= 11 is 0. The van der Waals surface area contributed by atoms with Gasteiger partial charge in [0.25, 0.3) is 0 Å². The molecule has 38 valence electrons. The van der Waals surface area contributed by atoms with Crippen LogP contribution in [0.1, 0.15) is 6.92 Å². The van der Waals surface area contributed by atoms with Crippen molar-refractivity contribution in [3.63, 3.8) is 0 Å². The van der Waals surface area contributed by atoms with Gasteiger partial charge in [0.1, 0.15) is 0 Å². The molecule has 8 heavy (non-hydrogen) atoms. The first-order valence-electron chi connectivity index (χ1n) is 1.50. The molecule has 0 aliphatic carbocycles. The maximum absolute atomic E-state index is 9.44. The first kappa shape index (κ1) is 16.5. The Bertz CT molecular complexity index is 117. The molecular formula is C2H5Na2O3S+. The largest absolute Gasteiger partial charge is 1.00 e. The summed E-state index contributed by atoms with van der Waals surface area (Å²) in [4.78, 5) is 0. The van der Waals surface area contributed by atoms with Crippen molar-refractivity contribution in [3.8, 4) is 0 Å². The summed E-state index contributed by atoms with van der Waals surface area (Å²) in [6.07, 6.45) is 0. The minimum absolute atomic E-state index is 0. The van der Waals surface area contributed by atoms with E-state index in [1.807, 2.05) is 0 Å². The fraction of sp³-hybridized carbons (Fsp3) is 1.00. The van der Waals surface area contributed by atoms with Gasteiger partial charge in [0.15, 0.2) is 0 Å². The van der Waals surface area contributed by atoms with Crippen LogP contribution in [0.3, 0.4) is 0 Å². The molecule has 0 amide bonds. The molecule has 0 atom stereocenters. The average molecular weight is 155 g/mol. The molecule has 0 aromatic carbocycles. The third kappa shape index (κ3) is 15.7. The van der Waals surface area contributed by atoms with Crippen LogP contribution in [0.25, 0.3) is 0 Å². The molecule has 3 nitrogen and oxygen atoms in total. The molecule has 0 N–H and O–H groups in total. The predicted molar refractivity (Wildman–Crippen MR) is 20.2 cm³/mol. The Morgan fingerprint density at radius 2 is 1.50 bits per heavy atom. The third-order valence-electron chi connectivity index (χ3n) is 0.354. The van der Waals surface area contributed by atoms with Gasteiger partial charge in [-0.05, 0) is 0 Å². The van der Waals surface area contributed by atoms with E-state index in [2.05, 4.69) is 0 Å². The van der Waals surface area contributed by atoms with Crippen molar-refractivity contribution in [2.45, 2.75) is 6.92 Å². The maximum Gasteiger partial charge on any atom is 1.00 e. The molecule has 0 aromatic heterocycles. The van der Waals surface area contributed by atoms with Gasteiger partial charge in [-0.2, -0.15) is 0 Å². The van der Waals surface area contributed by atoms with E-state index in [-0.39, 0.29) is 64.9 Å². The minimum Gasteiger partial charge on any atom is -0.748 e. The van der Waals surface area contributed by atoms with E-state index in [0.717, 1.165) is 0 Å². The van der Waals surface area contributed by atoms with Crippen molar-refractivity contribution >= 4 is 10.1 Å². The molecule has 0 rings (SSSR count). The molecule has 0 aliphatic heterocycles. The monoisotopic (exact) mass is 155 g/mol. The summed E-state index contributed by atoms with van der Waals surface area (Å²) in [6, 6.07) is 0. The van der Waals surface area contributed by atoms with Crippen LogP contribution in [0.2, 0.25) is 0 Å². The van der Waals surface area contributed by atoms with Gasteiger partial charge in [0.2, 0.25) is 0 Å². The Kier molecular flexibility index (Phi) is 14.5. The number of rotatable bonds is 1. The van der Waals surface area contributed by atoms with Crippen LogP contribution in [-0.4, -0.2) is 18.7 Å². The molecule has 0 radical (unpaired) electrons. The minimum atomic E-state index is -3.91. The van der Waals surface area contributed by atoms with Crippen LogP contribution in [0.5, 0.6) is 0 Å². The second-order valence-electron chi connectivity index (χ2n) is 0.846. The molecule has 0 bridgehead atoms. The molecule has 0 unspecified atom stereocenters. The average Bonchev–Trinajstić information content (AvgIpc) is 1.35. The smallest absolute Gasteiger partial charge is 0.748 e. The Balaban J connectivity index is -0.000000125. The van der Waals surface area contributed by atoms with Gasteiger partial charge >= 0.3 is 59.1 Å². The van der Waals surface area contributed by atoms with Gasteiger partial charge in [-0.25, -0.2) is 8.42 Å². The molecule has 0 saturated heterocycles. The van der Waals surface area contributed by atoms with Crippen LogP contribution in [0, 0.1) is 0 Å². The second-order valence-corrected chi connectivity index (χ2v) is 2.54. The Morgan fingerprint density at radius 1 is 1.38 bits per heavy atom. The zero-order valence-corrected chi connectivity index (χ0v) is 10.2. The fourth-order valence-electron chi connectivity index (χ4n) is 0. The Morgan fingerprint density at radius 3 is 1.50 bits per heavy atom. The quantitative estimate of drug-likeness (QED) is 0.279. The molecule has 0 fully saturated rings. The first-order chi connectivity index (χ1) is 2.56. The van der Waals surface area contributed by atoms with Gasteiger partial charge in [0.05, 0.1) is 10.1 Å². The molecule has 0 aromatic rings. The molecule has 0 heterocycles. The van der Waals surface area contributed by atoms with E-state index >= 15 is 0 Å². The van der Waals surface area contributed by atoms with E-state index in [1.165, 1.54) is 6.92 Å². The molecule has 0 spiro atoms. The zero-order chi connectivity index (χ0) is 5.21. The SMILES string of the molecule is CCS(=O)(=O)[O-].[Na+].[Na+]. The van der Waals surface area contributed by atoms with Crippen LogP contribution >= 0.6 is 0 Å². The van der Waals surface area contributed by atoms with Crippen molar-refractivity contribution in [2.24, 2.45) is 0 Å². The van der Waals surface area contributed by atoms with Gasteiger partial charge < -0.3 is 4.55 Å². The summed E-state index contributed by atoms with van der Waals surface area (Å²) in [6.45, 7) is 1.31. The first-order valence-corrected chi connectivity index (χ1v) is 3.07. The summed E-state index contributed by atoms with van der Waals surface area (Å²) in [5.74, 6) is -0.312. The van der Waals surface area contributed by atoms with Crippen molar-refractivity contribution in [1.29, 1.82) is 0 Å². The van der Waals surface area contributed by atoms with E-state index in [9.17, 15) is 13.0 Å². The molecular weight excluding hydrogens is 150 g/mol. The second kappa shape index (κ2) is 7.02. The summed E-state index contributed by atoms with van der Waals surface area (Å²) in [5, 5.41) is 0. The summed E-state index contributed by atoms with van der Waals surface area (Å²) in [5.41, 5.74) is 0. The van der Waals surface area contributed by atoms with E-state index < -0.39 is 10.1 Å². The molecule has 0 saturated carbocycles. The van der Waals surface area contributed by atoms with Crippen LogP contribution in [-0.2, 0) is 10.1 Å². The Labute approximate surface area is 93.6 Å². The summed E-state index contributed by atoms with van der Waals surface area (Å²) < 4.78 is 28.3. The normalized spacial score (nSPS) is 8.75. The Hall–Kier alpha value is 1.91. The van der Waals surface area contributed by atoms with Crippen LogP contribution in [0.15, 0.2) is 0 Å². The van der Waals surface area contributed by atoms with Crippen LogP contribution < -0.4 is 59.1 Å². The van der Waals surface area contributed by atoms with E-state index in [0.29, 0.717) is 0 Å². The summed E-state index contributed by atoms with van der Waals surface area (Å²) in [7, 11) is -3.91. The van der Waals surface area contributed by atoms with Gasteiger partial charge in [-0.1, -0.05) is 6.92 Å².